The van der Waals surface area contributed by atoms with E-state index in [1.54, 1.807) is 0 Å². The summed E-state index contributed by atoms with van der Waals surface area (Å²) in [6.45, 7) is 0. The lowest BCUT2D eigenvalue weighted by Gasteiger charge is -2.15. The SMILES string of the molecule is O=C(CSc1nnc(-c2cccc(Br)c2)o1)NC1CCCCCC1. The molecule has 0 atom stereocenters. The van der Waals surface area contributed by atoms with E-state index >= 15 is 0 Å². The van der Waals surface area contributed by atoms with Gasteiger partial charge in [-0.1, -0.05) is 59.4 Å². The second kappa shape index (κ2) is 8.67. The Labute approximate surface area is 154 Å². The molecule has 0 saturated heterocycles. The van der Waals surface area contributed by atoms with Gasteiger partial charge in [0.1, 0.15) is 0 Å². The standard InChI is InChI=1S/C17H20BrN3O2S/c18-13-7-5-6-12(10-13)16-20-21-17(23-16)24-11-15(22)19-14-8-3-1-2-4-9-14/h5-7,10,14H,1-4,8-9,11H2,(H,19,22). The molecule has 24 heavy (non-hydrogen) atoms. The minimum Gasteiger partial charge on any atom is -0.411 e. The maximum Gasteiger partial charge on any atom is 0.277 e. The highest BCUT2D eigenvalue weighted by Crippen LogP contribution is 2.25. The third-order valence-corrected chi connectivity index (χ3v) is 5.34. The Hall–Kier alpha value is -1.34. The van der Waals surface area contributed by atoms with Crippen LogP contribution in [-0.2, 0) is 4.79 Å². The van der Waals surface area contributed by atoms with Crippen LogP contribution in [0.3, 0.4) is 0 Å². The fourth-order valence-electron chi connectivity index (χ4n) is 2.83. The summed E-state index contributed by atoms with van der Waals surface area (Å²) < 4.78 is 6.58. The van der Waals surface area contributed by atoms with E-state index in [1.807, 2.05) is 24.3 Å². The van der Waals surface area contributed by atoms with Crippen molar-refractivity contribution >= 4 is 33.6 Å². The summed E-state index contributed by atoms with van der Waals surface area (Å²) in [6.07, 6.45) is 7.15. The van der Waals surface area contributed by atoms with Crippen molar-refractivity contribution in [2.24, 2.45) is 0 Å². The van der Waals surface area contributed by atoms with Crippen molar-refractivity contribution < 1.29 is 9.21 Å². The highest BCUT2D eigenvalue weighted by atomic mass is 79.9. The summed E-state index contributed by atoms with van der Waals surface area (Å²) in [5, 5.41) is 11.6. The molecule has 1 amide bonds. The monoisotopic (exact) mass is 409 g/mol. The average Bonchev–Trinajstić information content (AvgIpc) is 2.91. The Kier molecular flexibility index (Phi) is 6.31. The smallest absolute Gasteiger partial charge is 0.277 e. The van der Waals surface area contributed by atoms with E-state index in [0.717, 1.165) is 22.9 Å². The lowest BCUT2D eigenvalue weighted by molar-refractivity contribution is -0.119. The van der Waals surface area contributed by atoms with Gasteiger partial charge in [-0.3, -0.25) is 4.79 Å². The van der Waals surface area contributed by atoms with Gasteiger partial charge in [-0.25, -0.2) is 0 Å². The number of hydrogen-bond donors (Lipinski definition) is 1. The van der Waals surface area contributed by atoms with Crippen molar-refractivity contribution in [3.63, 3.8) is 0 Å². The molecule has 0 spiro atoms. The van der Waals surface area contributed by atoms with Crippen molar-refractivity contribution in [1.29, 1.82) is 0 Å². The van der Waals surface area contributed by atoms with E-state index in [-0.39, 0.29) is 5.91 Å². The summed E-state index contributed by atoms with van der Waals surface area (Å²) in [5.74, 6) is 0.799. The highest BCUT2D eigenvalue weighted by molar-refractivity contribution is 9.10. The third-order valence-electron chi connectivity index (χ3n) is 4.03. The van der Waals surface area contributed by atoms with Gasteiger partial charge >= 0.3 is 0 Å². The molecule has 0 unspecified atom stereocenters. The molecule has 5 nitrogen and oxygen atoms in total. The average molecular weight is 410 g/mol. The van der Waals surface area contributed by atoms with Crippen LogP contribution in [-0.4, -0.2) is 27.9 Å². The molecule has 1 aliphatic rings. The molecule has 1 aromatic carbocycles. The molecule has 3 rings (SSSR count). The molecule has 128 valence electrons. The van der Waals surface area contributed by atoms with Crippen molar-refractivity contribution in [2.75, 3.05) is 5.75 Å². The second-order valence-electron chi connectivity index (χ2n) is 5.93. The van der Waals surface area contributed by atoms with Gasteiger partial charge in [0.15, 0.2) is 0 Å². The van der Waals surface area contributed by atoms with Gasteiger partial charge < -0.3 is 9.73 Å². The molecule has 1 heterocycles. The minimum absolute atomic E-state index is 0.0362. The van der Waals surface area contributed by atoms with Crippen LogP contribution in [0.25, 0.3) is 11.5 Å². The molecule has 0 aliphatic heterocycles. The van der Waals surface area contributed by atoms with Crippen molar-refractivity contribution in [1.82, 2.24) is 15.5 Å². The number of carbonyl (C=O) groups excluding carboxylic acids is 1. The number of hydrogen-bond acceptors (Lipinski definition) is 5. The molecule has 2 aromatic rings. The molecular weight excluding hydrogens is 390 g/mol. The van der Waals surface area contributed by atoms with Crippen LogP contribution in [0.2, 0.25) is 0 Å². The zero-order valence-electron chi connectivity index (χ0n) is 13.3. The van der Waals surface area contributed by atoms with Crippen molar-refractivity contribution in [3.05, 3.63) is 28.7 Å². The van der Waals surface area contributed by atoms with Crippen LogP contribution in [0, 0.1) is 0 Å². The highest BCUT2D eigenvalue weighted by Gasteiger charge is 2.16. The number of aromatic nitrogens is 2. The minimum atomic E-state index is 0.0362. The normalized spacial score (nSPS) is 15.9. The Balaban J connectivity index is 1.50. The number of rotatable bonds is 5. The first-order valence-electron chi connectivity index (χ1n) is 8.22. The van der Waals surface area contributed by atoms with Crippen LogP contribution in [0.5, 0.6) is 0 Å². The number of halogens is 1. The van der Waals surface area contributed by atoms with Crippen LogP contribution in [0.15, 0.2) is 38.4 Å². The Morgan fingerprint density at radius 3 is 2.79 bits per heavy atom. The zero-order chi connectivity index (χ0) is 16.8. The summed E-state index contributed by atoms with van der Waals surface area (Å²) in [6, 6.07) is 8.00. The van der Waals surface area contributed by atoms with Gasteiger partial charge in [-0.15, -0.1) is 10.2 Å². The van der Waals surface area contributed by atoms with E-state index < -0.39 is 0 Å². The summed E-state index contributed by atoms with van der Waals surface area (Å²) in [7, 11) is 0. The number of amides is 1. The van der Waals surface area contributed by atoms with Crippen molar-refractivity contribution in [2.45, 2.75) is 49.8 Å². The number of carbonyl (C=O) groups is 1. The number of nitrogens with zero attached hydrogens (tertiary/aromatic N) is 2. The third kappa shape index (κ3) is 5.08. The van der Waals surface area contributed by atoms with E-state index in [1.165, 1.54) is 37.4 Å². The summed E-state index contributed by atoms with van der Waals surface area (Å²) in [4.78, 5) is 12.1. The maximum atomic E-state index is 12.1. The van der Waals surface area contributed by atoms with Gasteiger partial charge in [-0.05, 0) is 31.0 Å². The molecule has 1 saturated carbocycles. The Morgan fingerprint density at radius 1 is 1.25 bits per heavy atom. The lowest BCUT2D eigenvalue weighted by Crippen LogP contribution is -2.35. The molecule has 7 heteroatoms. The first kappa shape index (κ1) is 17.5. The number of thioether (sulfide) groups is 1. The molecule has 1 aromatic heterocycles. The first-order valence-corrected chi connectivity index (χ1v) is 10.0. The molecule has 1 fully saturated rings. The second-order valence-corrected chi connectivity index (χ2v) is 7.77. The topological polar surface area (TPSA) is 68.0 Å². The summed E-state index contributed by atoms with van der Waals surface area (Å²) in [5.41, 5.74) is 0.853. The van der Waals surface area contributed by atoms with Crippen LogP contribution in [0.4, 0.5) is 0 Å². The molecule has 1 N–H and O–H groups in total. The van der Waals surface area contributed by atoms with Crippen LogP contribution < -0.4 is 5.32 Å². The van der Waals surface area contributed by atoms with E-state index in [2.05, 4.69) is 31.4 Å². The molecule has 0 radical (unpaired) electrons. The van der Waals surface area contributed by atoms with Crippen LogP contribution >= 0.6 is 27.7 Å². The predicted molar refractivity (Wildman–Crippen MR) is 97.8 cm³/mol. The number of benzene rings is 1. The molecular formula is C17H20BrN3O2S. The Morgan fingerprint density at radius 2 is 2.04 bits per heavy atom. The van der Waals surface area contributed by atoms with E-state index in [9.17, 15) is 4.79 Å². The Bertz CT molecular complexity index is 684. The molecule has 0 bridgehead atoms. The van der Waals surface area contributed by atoms with Gasteiger partial charge in [0.05, 0.1) is 5.75 Å². The van der Waals surface area contributed by atoms with Gasteiger partial charge in [0.25, 0.3) is 5.22 Å². The first-order chi connectivity index (χ1) is 11.7. The maximum absolute atomic E-state index is 12.1. The van der Waals surface area contributed by atoms with Crippen LogP contribution in [0.1, 0.15) is 38.5 Å². The van der Waals surface area contributed by atoms with Crippen molar-refractivity contribution in [3.8, 4) is 11.5 Å². The van der Waals surface area contributed by atoms with Gasteiger partial charge in [-0.2, -0.15) is 0 Å². The fraction of sp³-hybridized carbons (Fsp3) is 0.471. The summed E-state index contributed by atoms with van der Waals surface area (Å²) >= 11 is 4.70. The quantitative estimate of drug-likeness (QED) is 0.584. The number of nitrogens with one attached hydrogen (secondary N) is 1. The predicted octanol–water partition coefficient (Wildman–Crippen LogP) is 4.43. The van der Waals surface area contributed by atoms with Gasteiger partial charge in [0.2, 0.25) is 11.8 Å². The zero-order valence-corrected chi connectivity index (χ0v) is 15.7. The largest absolute Gasteiger partial charge is 0.411 e. The fourth-order valence-corrected chi connectivity index (χ4v) is 3.80. The van der Waals surface area contributed by atoms with E-state index in [0.29, 0.717) is 22.9 Å². The van der Waals surface area contributed by atoms with E-state index in [4.69, 9.17) is 4.42 Å². The molecule has 1 aliphatic carbocycles. The lowest BCUT2D eigenvalue weighted by atomic mass is 10.1. The van der Waals surface area contributed by atoms with Gasteiger partial charge in [0, 0.05) is 16.1 Å².